The maximum Gasteiger partial charge on any atom is 0.242 e. The Morgan fingerprint density at radius 2 is 2.00 bits per heavy atom. The molecule has 1 fully saturated rings. The standard InChI is InChI=1S/C14H20Cl2N2O3S/c1-21-10-14(5-7-17-8-6-14)9-18-22(19,20)12-4-2-3-11(15)13(12)16/h2-4,17-18H,5-10H2,1H3. The molecule has 0 saturated carbocycles. The van der Waals surface area contributed by atoms with Gasteiger partial charge in [0.2, 0.25) is 10.0 Å². The van der Waals surface area contributed by atoms with E-state index in [2.05, 4.69) is 10.0 Å². The van der Waals surface area contributed by atoms with E-state index < -0.39 is 10.0 Å². The number of ether oxygens (including phenoxy) is 1. The molecule has 0 radical (unpaired) electrons. The van der Waals surface area contributed by atoms with Crippen LogP contribution in [0.3, 0.4) is 0 Å². The number of sulfonamides is 1. The van der Waals surface area contributed by atoms with Gasteiger partial charge in [-0.1, -0.05) is 29.3 Å². The van der Waals surface area contributed by atoms with Gasteiger partial charge in [-0.15, -0.1) is 0 Å². The second kappa shape index (κ2) is 7.47. The van der Waals surface area contributed by atoms with Crippen LogP contribution in [0.2, 0.25) is 10.0 Å². The Hall–Kier alpha value is -0.370. The van der Waals surface area contributed by atoms with Crippen LogP contribution in [0.1, 0.15) is 12.8 Å². The fourth-order valence-corrected chi connectivity index (χ4v) is 4.57. The number of rotatable bonds is 6. The molecule has 0 unspecified atom stereocenters. The summed E-state index contributed by atoms with van der Waals surface area (Å²) in [6, 6.07) is 4.57. The molecule has 5 nitrogen and oxygen atoms in total. The molecule has 1 saturated heterocycles. The van der Waals surface area contributed by atoms with Gasteiger partial charge in [0, 0.05) is 19.1 Å². The van der Waals surface area contributed by atoms with Gasteiger partial charge < -0.3 is 10.1 Å². The molecule has 2 rings (SSSR count). The quantitative estimate of drug-likeness (QED) is 0.810. The van der Waals surface area contributed by atoms with Crippen molar-refractivity contribution in [3.8, 4) is 0 Å². The van der Waals surface area contributed by atoms with Crippen LogP contribution in [0.15, 0.2) is 23.1 Å². The van der Waals surface area contributed by atoms with E-state index in [1.807, 2.05) is 0 Å². The van der Waals surface area contributed by atoms with E-state index in [-0.39, 0.29) is 20.4 Å². The Labute approximate surface area is 141 Å². The van der Waals surface area contributed by atoms with Crippen molar-refractivity contribution in [2.24, 2.45) is 5.41 Å². The van der Waals surface area contributed by atoms with Crippen LogP contribution in [0, 0.1) is 5.41 Å². The molecule has 124 valence electrons. The Morgan fingerprint density at radius 3 is 2.64 bits per heavy atom. The number of benzene rings is 1. The number of hydrogen-bond donors (Lipinski definition) is 2. The van der Waals surface area contributed by atoms with Crippen molar-refractivity contribution in [2.45, 2.75) is 17.7 Å². The fourth-order valence-electron chi connectivity index (χ4n) is 2.65. The first-order chi connectivity index (χ1) is 10.4. The van der Waals surface area contributed by atoms with Crippen molar-refractivity contribution >= 4 is 33.2 Å². The zero-order chi connectivity index (χ0) is 16.2. The van der Waals surface area contributed by atoms with Crippen molar-refractivity contribution < 1.29 is 13.2 Å². The van der Waals surface area contributed by atoms with Crippen LogP contribution in [0.25, 0.3) is 0 Å². The molecular weight excluding hydrogens is 347 g/mol. The summed E-state index contributed by atoms with van der Waals surface area (Å²) in [4.78, 5) is 0.00293. The van der Waals surface area contributed by atoms with Crippen molar-refractivity contribution in [3.05, 3.63) is 28.2 Å². The van der Waals surface area contributed by atoms with Gasteiger partial charge in [-0.3, -0.25) is 0 Å². The summed E-state index contributed by atoms with van der Waals surface area (Å²) in [7, 11) is -2.08. The number of nitrogens with one attached hydrogen (secondary N) is 2. The Bertz CT molecular complexity index is 611. The summed E-state index contributed by atoms with van der Waals surface area (Å²) >= 11 is 11.9. The van der Waals surface area contributed by atoms with Crippen molar-refractivity contribution in [2.75, 3.05) is 33.4 Å². The minimum atomic E-state index is -3.71. The summed E-state index contributed by atoms with van der Waals surface area (Å²) in [6.45, 7) is 2.53. The van der Waals surface area contributed by atoms with E-state index >= 15 is 0 Å². The SMILES string of the molecule is COCC1(CNS(=O)(=O)c2cccc(Cl)c2Cl)CCNCC1. The third-order valence-corrected chi connectivity index (χ3v) is 6.33. The van der Waals surface area contributed by atoms with Crippen molar-refractivity contribution in [1.29, 1.82) is 0 Å². The van der Waals surface area contributed by atoms with Gasteiger partial charge in [-0.2, -0.15) is 0 Å². The van der Waals surface area contributed by atoms with Gasteiger partial charge in [-0.25, -0.2) is 13.1 Å². The molecule has 0 aliphatic carbocycles. The molecule has 0 spiro atoms. The Kier molecular flexibility index (Phi) is 6.10. The molecule has 1 aromatic carbocycles. The second-order valence-electron chi connectivity index (χ2n) is 5.56. The zero-order valence-corrected chi connectivity index (χ0v) is 14.7. The lowest BCUT2D eigenvalue weighted by Gasteiger charge is -2.37. The molecule has 0 amide bonds. The molecule has 8 heteroatoms. The molecule has 0 atom stereocenters. The highest BCUT2D eigenvalue weighted by molar-refractivity contribution is 7.89. The first kappa shape index (κ1) is 18.0. The molecule has 1 aromatic rings. The van der Waals surface area contributed by atoms with Crippen molar-refractivity contribution in [3.63, 3.8) is 0 Å². The third-order valence-electron chi connectivity index (χ3n) is 3.96. The molecule has 1 aliphatic heterocycles. The maximum absolute atomic E-state index is 12.5. The third kappa shape index (κ3) is 4.13. The zero-order valence-electron chi connectivity index (χ0n) is 12.4. The number of hydrogen-bond acceptors (Lipinski definition) is 4. The van der Waals surface area contributed by atoms with Crippen LogP contribution < -0.4 is 10.0 Å². The second-order valence-corrected chi connectivity index (χ2v) is 8.08. The van der Waals surface area contributed by atoms with E-state index in [0.717, 1.165) is 25.9 Å². The minimum Gasteiger partial charge on any atom is -0.384 e. The summed E-state index contributed by atoms with van der Waals surface area (Å²) in [5.41, 5.74) is -0.196. The lowest BCUT2D eigenvalue weighted by molar-refractivity contribution is 0.0577. The van der Waals surface area contributed by atoms with Gasteiger partial charge in [0.15, 0.2) is 0 Å². The number of methoxy groups -OCH3 is 1. The van der Waals surface area contributed by atoms with Gasteiger partial charge in [0.1, 0.15) is 4.90 Å². The van der Waals surface area contributed by atoms with E-state index in [9.17, 15) is 8.42 Å². The predicted molar refractivity (Wildman–Crippen MR) is 88.1 cm³/mol. The molecule has 0 bridgehead atoms. The van der Waals surface area contributed by atoms with Gasteiger partial charge >= 0.3 is 0 Å². The summed E-state index contributed by atoms with van der Waals surface area (Å²) in [5, 5.41) is 3.54. The van der Waals surface area contributed by atoms with E-state index in [0.29, 0.717) is 13.2 Å². The van der Waals surface area contributed by atoms with Crippen LogP contribution in [-0.4, -0.2) is 41.8 Å². The fraction of sp³-hybridized carbons (Fsp3) is 0.571. The van der Waals surface area contributed by atoms with Gasteiger partial charge in [-0.05, 0) is 38.1 Å². The Morgan fingerprint density at radius 1 is 1.32 bits per heavy atom. The highest BCUT2D eigenvalue weighted by Crippen LogP contribution is 2.31. The highest BCUT2D eigenvalue weighted by atomic mass is 35.5. The molecular formula is C14H20Cl2N2O3S. The van der Waals surface area contributed by atoms with Crippen molar-refractivity contribution in [1.82, 2.24) is 10.0 Å². The van der Waals surface area contributed by atoms with Crippen LogP contribution >= 0.6 is 23.2 Å². The average molecular weight is 367 g/mol. The lowest BCUT2D eigenvalue weighted by atomic mass is 9.80. The smallest absolute Gasteiger partial charge is 0.242 e. The molecule has 1 aliphatic rings. The summed E-state index contributed by atoms with van der Waals surface area (Å²) in [5.74, 6) is 0. The summed E-state index contributed by atoms with van der Waals surface area (Å²) in [6.07, 6.45) is 1.71. The first-order valence-electron chi connectivity index (χ1n) is 7.04. The predicted octanol–water partition coefficient (Wildman–Crippen LogP) is 2.29. The van der Waals surface area contributed by atoms with Gasteiger partial charge in [0.05, 0.1) is 16.7 Å². The number of piperidine rings is 1. The number of halogens is 2. The molecule has 0 aromatic heterocycles. The topological polar surface area (TPSA) is 67.4 Å². The van der Waals surface area contributed by atoms with Crippen LogP contribution in [-0.2, 0) is 14.8 Å². The highest BCUT2D eigenvalue weighted by Gasteiger charge is 2.34. The van der Waals surface area contributed by atoms with E-state index in [1.165, 1.54) is 6.07 Å². The molecule has 22 heavy (non-hydrogen) atoms. The van der Waals surface area contributed by atoms with Crippen LogP contribution in [0.4, 0.5) is 0 Å². The molecule has 1 heterocycles. The normalized spacial score (nSPS) is 18.3. The summed E-state index contributed by atoms with van der Waals surface area (Å²) < 4.78 is 32.9. The van der Waals surface area contributed by atoms with E-state index in [4.69, 9.17) is 27.9 Å². The largest absolute Gasteiger partial charge is 0.384 e. The van der Waals surface area contributed by atoms with E-state index in [1.54, 1.807) is 19.2 Å². The minimum absolute atomic E-state index is 0.00293. The van der Waals surface area contributed by atoms with Crippen LogP contribution in [0.5, 0.6) is 0 Å². The van der Waals surface area contributed by atoms with Gasteiger partial charge in [0.25, 0.3) is 0 Å². The average Bonchev–Trinajstić information content (AvgIpc) is 2.49. The lowest BCUT2D eigenvalue weighted by Crippen LogP contribution is -2.47. The maximum atomic E-state index is 12.5. The first-order valence-corrected chi connectivity index (χ1v) is 9.27. The monoisotopic (exact) mass is 366 g/mol. The molecule has 2 N–H and O–H groups in total. The Balaban J connectivity index is 2.16.